The topological polar surface area (TPSA) is 64.9 Å². The van der Waals surface area contributed by atoms with E-state index in [1.807, 2.05) is 36.0 Å². The van der Waals surface area contributed by atoms with Gasteiger partial charge in [0.05, 0.1) is 18.2 Å². The van der Waals surface area contributed by atoms with Crippen LogP contribution in [0, 0.1) is 5.92 Å². The van der Waals surface area contributed by atoms with E-state index < -0.39 is 0 Å². The van der Waals surface area contributed by atoms with Crippen molar-refractivity contribution in [2.45, 2.75) is 40.3 Å². The fourth-order valence-electron chi connectivity index (χ4n) is 2.53. The highest BCUT2D eigenvalue weighted by molar-refractivity contribution is 5.86. The van der Waals surface area contributed by atoms with Crippen molar-refractivity contribution >= 4 is 16.9 Å². The fraction of sp³-hybridized carbons (Fsp3) is 0.421. The lowest BCUT2D eigenvalue weighted by molar-refractivity contribution is 0.269. The van der Waals surface area contributed by atoms with Crippen LogP contribution in [0.1, 0.15) is 32.8 Å². The van der Waals surface area contributed by atoms with E-state index in [2.05, 4.69) is 46.4 Å². The molecular formula is C19H25N5O. The molecule has 25 heavy (non-hydrogen) atoms. The summed E-state index contributed by atoms with van der Waals surface area (Å²) in [5.41, 5.74) is 1.99. The Labute approximate surface area is 148 Å². The smallest absolute Gasteiger partial charge is 0.320 e. The average Bonchev–Trinajstić information content (AvgIpc) is 3.03. The molecule has 3 rings (SSSR count). The van der Waals surface area contributed by atoms with Gasteiger partial charge in [0.15, 0.2) is 5.65 Å². The first kappa shape index (κ1) is 17.2. The number of nitrogens with one attached hydrogen (secondary N) is 1. The molecule has 0 aliphatic heterocycles. The van der Waals surface area contributed by atoms with E-state index in [4.69, 9.17) is 4.74 Å². The Morgan fingerprint density at radius 2 is 1.96 bits per heavy atom. The first-order valence-electron chi connectivity index (χ1n) is 8.81. The molecular weight excluding hydrogens is 314 g/mol. The summed E-state index contributed by atoms with van der Waals surface area (Å²) in [5, 5.41) is 8.71. The van der Waals surface area contributed by atoms with Crippen molar-refractivity contribution in [3.8, 4) is 6.01 Å². The third kappa shape index (κ3) is 4.26. The van der Waals surface area contributed by atoms with Crippen LogP contribution < -0.4 is 10.1 Å². The van der Waals surface area contributed by atoms with Crippen molar-refractivity contribution in [1.29, 1.82) is 0 Å². The maximum absolute atomic E-state index is 5.78. The van der Waals surface area contributed by atoms with Gasteiger partial charge in [-0.15, -0.1) is 0 Å². The third-order valence-corrected chi connectivity index (χ3v) is 4.00. The van der Waals surface area contributed by atoms with Gasteiger partial charge in [-0.1, -0.05) is 44.2 Å². The van der Waals surface area contributed by atoms with E-state index in [1.165, 1.54) is 5.56 Å². The summed E-state index contributed by atoms with van der Waals surface area (Å²) in [7, 11) is 0. The van der Waals surface area contributed by atoms with E-state index >= 15 is 0 Å². The number of anilines is 1. The van der Waals surface area contributed by atoms with Crippen molar-refractivity contribution in [3.05, 3.63) is 42.1 Å². The van der Waals surface area contributed by atoms with Crippen molar-refractivity contribution in [2.75, 3.05) is 11.9 Å². The van der Waals surface area contributed by atoms with Crippen LogP contribution in [-0.4, -0.2) is 26.4 Å². The number of aryl methyl sites for hydroxylation is 1. The van der Waals surface area contributed by atoms with Crippen LogP contribution >= 0.6 is 0 Å². The zero-order valence-corrected chi connectivity index (χ0v) is 15.1. The Morgan fingerprint density at radius 1 is 1.16 bits per heavy atom. The van der Waals surface area contributed by atoms with Gasteiger partial charge in [-0.2, -0.15) is 15.1 Å². The largest absolute Gasteiger partial charge is 0.463 e. The lowest BCUT2D eigenvalue weighted by Crippen LogP contribution is -2.08. The van der Waals surface area contributed by atoms with E-state index in [9.17, 15) is 0 Å². The highest BCUT2D eigenvalue weighted by Crippen LogP contribution is 2.23. The zero-order chi connectivity index (χ0) is 17.6. The summed E-state index contributed by atoms with van der Waals surface area (Å²) in [6, 6.07) is 10.6. The summed E-state index contributed by atoms with van der Waals surface area (Å²) in [4.78, 5) is 9.11. The molecule has 0 unspecified atom stereocenters. The monoisotopic (exact) mass is 339 g/mol. The molecule has 0 saturated carbocycles. The molecule has 2 aromatic heterocycles. The predicted octanol–water partition coefficient (Wildman–Crippen LogP) is 3.88. The van der Waals surface area contributed by atoms with E-state index in [1.54, 1.807) is 0 Å². The number of ether oxygens (including phenoxy) is 1. The number of nitrogens with zero attached hydrogens (tertiary/aromatic N) is 4. The Balaban J connectivity index is 1.85. The lowest BCUT2D eigenvalue weighted by atomic mass is 10.1. The molecule has 0 aliphatic rings. The molecule has 0 atom stereocenters. The van der Waals surface area contributed by atoms with E-state index in [0.717, 1.165) is 29.8 Å². The lowest BCUT2D eigenvalue weighted by Gasteiger charge is -2.11. The Bertz CT molecular complexity index is 813. The number of benzene rings is 1. The Kier molecular flexibility index (Phi) is 5.48. The van der Waals surface area contributed by atoms with Crippen LogP contribution in [-0.2, 0) is 13.1 Å². The summed E-state index contributed by atoms with van der Waals surface area (Å²) < 4.78 is 7.64. The van der Waals surface area contributed by atoms with Gasteiger partial charge in [0.25, 0.3) is 0 Å². The number of hydrogen-bond acceptors (Lipinski definition) is 5. The number of fused-ring (bicyclic) bond motifs is 1. The minimum atomic E-state index is 0.402. The normalized spacial score (nSPS) is 11.2. The molecule has 3 aromatic rings. The summed E-state index contributed by atoms with van der Waals surface area (Å²) in [6.07, 6.45) is 2.78. The molecule has 0 saturated heterocycles. The van der Waals surface area contributed by atoms with E-state index in [0.29, 0.717) is 25.1 Å². The van der Waals surface area contributed by atoms with Crippen LogP contribution in [0.5, 0.6) is 6.01 Å². The molecule has 6 nitrogen and oxygen atoms in total. The minimum absolute atomic E-state index is 0.402. The second kappa shape index (κ2) is 7.96. The van der Waals surface area contributed by atoms with Crippen LogP contribution in [0.4, 0.5) is 5.82 Å². The molecule has 132 valence electrons. The molecule has 0 aliphatic carbocycles. The minimum Gasteiger partial charge on any atom is -0.463 e. The molecule has 6 heteroatoms. The van der Waals surface area contributed by atoms with Gasteiger partial charge in [0.2, 0.25) is 0 Å². The quantitative estimate of drug-likeness (QED) is 0.674. The second-order valence-corrected chi connectivity index (χ2v) is 6.42. The molecule has 0 spiro atoms. The molecule has 1 N–H and O–H groups in total. The molecule has 0 radical (unpaired) electrons. The van der Waals surface area contributed by atoms with Crippen LogP contribution in [0.25, 0.3) is 11.0 Å². The van der Waals surface area contributed by atoms with Gasteiger partial charge in [-0.25, -0.2) is 4.68 Å². The summed E-state index contributed by atoms with van der Waals surface area (Å²) in [6.45, 7) is 8.45. The van der Waals surface area contributed by atoms with Crippen molar-refractivity contribution in [3.63, 3.8) is 0 Å². The summed E-state index contributed by atoms with van der Waals surface area (Å²) >= 11 is 0. The van der Waals surface area contributed by atoms with Crippen LogP contribution in [0.2, 0.25) is 0 Å². The van der Waals surface area contributed by atoms with Gasteiger partial charge in [-0.3, -0.25) is 0 Å². The van der Waals surface area contributed by atoms with Gasteiger partial charge >= 0.3 is 6.01 Å². The molecule has 0 bridgehead atoms. The Hall–Kier alpha value is -2.63. The molecule has 0 amide bonds. The maximum Gasteiger partial charge on any atom is 0.320 e. The van der Waals surface area contributed by atoms with Crippen molar-refractivity contribution in [1.82, 2.24) is 19.7 Å². The van der Waals surface area contributed by atoms with Crippen LogP contribution in [0.15, 0.2) is 36.5 Å². The maximum atomic E-state index is 5.78. The Morgan fingerprint density at radius 3 is 2.68 bits per heavy atom. The zero-order valence-electron chi connectivity index (χ0n) is 15.1. The van der Waals surface area contributed by atoms with Gasteiger partial charge in [-0.05, 0) is 24.8 Å². The standard InChI is InChI=1S/C19H25N5O/c1-4-24-18-16(13-21-24)17(20-12-15-8-6-5-7-9-15)22-19(23-18)25-11-10-14(2)3/h5-9,13-14H,4,10-12H2,1-3H3,(H,20,22,23). The first-order valence-corrected chi connectivity index (χ1v) is 8.81. The SMILES string of the molecule is CCn1ncc2c(NCc3ccccc3)nc(OCCC(C)C)nc21. The molecule has 1 aromatic carbocycles. The fourth-order valence-corrected chi connectivity index (χ4v) is 2.53. The number of rotatable bonds is 8. The van der Waals surface area contributed by atoms with Gasteiger partial charge in [0.1, 0.15) is 5.82 Å². The highest BCUT2D eigenvalue weighted by atomic mass is 16.5. The van der Waals surface area contributed by atoms with Crippen LogP contribution in [0.3, 0.4) is 0 Å². The van der Waals surface area contributed by atoms with Crippen molar-refractivity contribution < 1.29 is 4.74 Å². The predicted molar refractivity (Wildman–Crippen MR) is 99.7 cm³/mol. The highest BCUT2D eigenvalue weighted by Gasteiger charge is 2.13. The van der Waals surface area contributed by atoms with E-state index in [-0.39, 0.29) is 0 Å². The first-order chi connectivity index (χ1) is 12.2. The molecule has 0 fully saturated rings. The molecule has 2 heterocycles. The second-order valence-electron chi connectivity index (χ2n) is 6.42. The van der Waals surface area contributed by atoms with Gasteiger partial charge in [0, 0.05) is 13.1 Å². The third-order valence-electron chi connectivity index (χ3n) is 4.00. The summed E-state index contributed by atoms with van der Waals surface area (Å²) in [5.74, 6) is 1.34. The number of aromatic nitrogens is 4. The van der Waals surface area contributed by atoms with Crippen molar-refractivity contribution in [2.24, 2.45) is 5.92 Å². The van der Waals surface area contributed by atoms with Gasteiger partial charge < -0.3 is 10.1 Å². The number of hydrogen-bond donors (Lipinski definition) is 1. The average molecular weight is 339 g/mol.